The Morgan fingerprint density at radius 2 is 1.61 bits per heavy atom. The van der Waals surface area contributed by atoms with Crippen molar-refractivity contribution in [1.29, 1.82) is 0 Å². The molecular weight excluding hydrogens is 228 g/mol. The number of likely N-dealkylation sites (N-methyl/N-ethyl adjacent to an activating group) is 1. The fraction of sp³-hybridized carbons (Fsp3) is 0.923. The molecule has 1 aliphatic heterocycles. The highest BCUT2D eigenvalue weighted by Crippen LogP contribution is 2.16. The van der Waals surface area contributed by atoms with Crippen LogP contribution in [-0.2, 0) is 0 Å². The van der Waals surface area contributed by atoms with Crippen LogP contribution in [0, 0.1) is 0 Å². The Kier molecular flexibility index (Phi) is 5.41. The van der Waals surface area contributed by atoms with Gasteiger partial charge in [0.1, 0.15) is 0 Å². The van der Waals surface area contributed by atoms with Crippen molar-refractivity contribution < 1.29 is 4.79 Å². The van der Waals surface area contributed by atoms with Gasteiger partial charge in [0.15, 0.2) is 0 Å². The van der Waals surface area contributed by atoms with Crippen LogP contribution in [-0.4, -0.2) is 92.1 Å². The maximum absolute atomic E-state index is 12.0. The lowest BCUT2D eigenvalue weighted by Crippen LogP contribution is -2.60. The summed E-state index contributed by atoms with van der Waals surface area (Å²) in [5, 5.41) is 0. The number of piperazine rings is 1. The fourth-order valence-corrected chi connectivity index (χ4v) is 2.55. The Morgan fingerprint density at radius 1 is 1.11 bits per heavy atom. The Labute approximate surface area is 111 Å². The van der Waals surface area contributed by atoms with Crippen molar-refractivity contribution in [3.05, 3.63) is 0 Å². The van der Waals surface area contributed by atoms with E-state index in [-0.39, 0.29) is 6.03 Å². The first-order valence-electron chi connectivity index (χ1n) is 6.69. The van der Waals surface area contributed by atoms with Gasteiger partial charge in [0.25, 0.3) is 0 Å². The third-order valence-corrected chi connectivity index (χ3v) is 3.56. The summed E-state index contributed by atoms with van der Waals surface area (Å²) in [6.45, 7) is 8.21. The highest BCUT2D eigenvalue weighted by molar-refractivity contribution is 5.74. The molecule has 0 saturated carbocycles. The average molecular weight is 256 g/mol. The van der Waals surface area contributed by atoms with E-state index in [1.165, 1.54) is 0 Å². The second kappa shape index (κ2) is 6.38. The third-order valence-electron chi connectivity index (χ3n) is 3.56. The smallest absolute Gasteiger partial charge is 0.319 e. The summed E-state index contributed by atoms with van der Waals surface area (Å²) in [4.78, 5) is 20.3. The van der Waals surface area contributed by atoms with Crippen LogP contribution in [0.3, 0.4) is 0 Å². The maximum atomic E-state index is 12.0. The molecule has 1 rings (SSSR count). The summed E-state index contributed by atoms with van der Waals surface area (Å²) >= 11 is 0. The van der Waals surface area contributed by atoms with Gasteiger partial charge >= 0.3 is 6.03 Å². The average Bonchev–Trinajstić information content (AvgIpc) is 2.26. The number of hydrogen-bond donors (Lipinski definition) is 0. The Balaban J connectivity index is 2.57. The summed E-state index contributed by atoms with van der Waals surface area (Å²) < 4.78 is 0. The highest BCUT2D eigenvalue weighted by atomic mass is 16.2. The minimum Gasteiger partial charge on any atom is -0.331 e. The van der Waals surface area contributed by atoms with E-state index in [4.69, 9.17) is 0 Å². The van der Waals surface area contributed by atoms with E-state index in [1.807, 2.05) is 19.0 Å². The van der Waals surface area contributed by atoms with Crippen molar-refractivity contribution >= 4 is 6.03 Å². The lowest BCUT2D eigenvalue weighted by molar-refractivity contribution is 0.0445. The van der Waals surface area contributed by atoms with Gasteiger partial charge in [-0.25, -0.2) is 4.79 Å². The van der Waals surface area contributed by atoms with Crippen molar-refractivity contribution in [2.75, 3.05) is 54.4 Å². The minimum absolute atomic E-state index is 0.126. The van der Waals surface area contributed by atoms with Gasteiger partial charge in [-0.05, 0) is 27.9 Å². The highest BCUT2D eigenvalue weighted by Gasteiger charge is 2.31. The van der Waals surface area contributed by atoms with Gasteiger partial charge in [-0.1, -0.05) is 0 Å². The van der Waals surface area contributed by atoms with Gasteiger partial charge in [0.05, 0.1) is 0 Å². The number of amides is 2. The van der Waals surface area contributed by atoms with Gasteiger partial charge in [0.2, 0.25) is 0 Å². The van der Waals surface area contributed by atoms with Crippen molar-refractivity contribution in [3.8, 4) is 0 Å². The molecule has 5 nitrogen and oxygen atoms in total. The summed E-state index contributed by atoms with van der Waals surface area (Å²) in [6.07, 6.45) is 0. The van der Waals surface area contributed by atoms with Crippen molar-refractivity contribution in [2.24, 2.45) is 0 Å². The van der Waals surface area contributed by atoms with Crippen LogP contribution in [0.5, 0.6) is 0 Å². The maximum Gasteiger partial charge on any atom is 0.319 e. The summed E-state index contributed by atoms with van der Waals surface area (Å²) in [5.74, 6) is 0. The molecule has 2 unspecified atom stereocenters. The molecule has 0 aromatic carbocycles. The van der Waals surface area contributed by atoms with Crippen LogP contribution in [0.1, 0.15) is 13.8 Å². The minimum atomic E-state index is 0.126. The van der Waals surface area contributed by atoms with Crippen LogP contribution in [0.15, 0.2) is 0 Å². The van der Waals surface area contributed by atoms with Crippen LogP contribution in [0.25, 0.3) is 0 Å². The topological polar surface area (TPSA) is 30.0 Å². The molecule has 2 amide bonds. The Hall–Kier alpha value is -0.810. The van der Waals surface area contributed by atoms with Crippen LogP contribution < -0.4 is 0 Å². The first-order chi connectivity index (χ1) is 8.32. The molecule has 1 saturated heterocycles. The zero-order chi connectivity index (χ0) is 13.9. The first kappa shape index (κ1) is 15.2. The summed E-state index contributed by atoms with van der Waals surface area (Å²) in [5.41, 5.74) is 0. The third kappa shape index (κ3) is 3.85. The lowest BCUT2D eigenvalue weighted by Gasteiger charge is -2.45. The standard InChI is InChI=1S/C13H28N4O/c1-11-9-16(13(18)15(5)6)10-12(2)17(11)8-7-14(3)4/h11-12H,7-10H2,1-6H3. The fourth-order valence-electron chi connectivity index (χ4n) is 2.55. The molecule has 0 aromatic rings. The Bertz CT molecular complexity index is 268. The number of carbonyl (C=O) groups is 1. The predicted octanol–water partition coefficient (Wildman–Crippen LogP) is 0.624. The van der Waals surface area contributed by atoms with E-state index in [1.54, 1.807) is 4.90 Å². The molecule has 5 heteroatoms. The van der Waals surface area contributed by atoms with E-state index >= 15 is 0 Å². The van der Waals surface area contributed by atoms with Crippen molar-refractivity contribution in [1.82, 2.24) is 19.6 Å². The Morgan fingerprint density at radius 3 is 2.00 bits per heavy atom. The van der Waals surface area contributed by atoms with Crippen LogP contribution >= 0.6 is 0 Å². The molecule has 1 aliphatic rings. The number of urea groups is 1. The molecule has 0 aromatic heterocycles. The van der Waals surface area contributed by atoms with Crippen molar-refractivity contribution in [2.45, 2.75) is 25.9 Å². The first-order valence-corrected chi connectivity index (χ1v) is 6.69. The zero-order valence-corrected chi connectivity index (χ0v) is 12.7. The molecular formula is C13H28N4O. The largest absolute Gasteiger partial charge is 0.331 e. The van der Waals surface area contributed by atoms with Gasteiger partial charge < -0.3 is 14.7 Å². The van der Waals surface area contributed by atoms with Gasteiger partial charge in [0, 0.05) is 52.4 Å². The zero-order valence-electron chi connectivity index (χ0n) is 12.7. The summed E-state index contributed by atoms with van der Waals surface area (Å²) in [6, 6.07) is 0.983. The van der Waals surface area contributed by atoms with Crippen molar-refractivity contribution in [3.63, 3.8) is 0 Å². The molecule has 1 heterocycles. The van der Waals surface area contributed by atoms with Crippen LogP contribution in [0.4, 0.5) is 4.79 Å². The van der Waals surface area contributed by atoms with Gasteiger partial charge in [-0.3, -0.25) is 4.90 Å². The molecule has 0 spiro atoms. The van der Waals surface area contributed by atoms with E-state index in [9.17, 15) is 4.79 Å². The molecule has 0 N–H and O–H groups in total. The summed E-state index contributed by atoms with van der Waals surface area (Å²) in [7, 11) is 7.83. The predicted molar refractivity (Wildman–Crippen MR) is 74.8 cm³/mol. The second-order valence-electron chi connectivity index (χ2n) is 5.82. The monoisotopic (exact) mass is 256 g/mol. The molecule has 18 heavy (non-hydrogen) atoms. The number of rotatable bonds is 3. The second-order valence-corrected chi connectivity index (χ2v) is 5.82. The molecule has 1 fully saturated rings. The van der Waals surface area contributed by atoms with Gasteiger partial charge in [-0.2, -0.15) is 0 Å². The molecule has 0 bridgehead atoms. The number of carbonyl (C=O) groups excluding carboxylic acids is 1. The number of hydrogen-bond acceptors (Lipinski definition) is 3. The van der Waals surface area contributed by atoms with E-state index in [2.05, 4.69) is 37.7 Å². The molecule has 0 aliphatic carbocycles. The normalized spacial score (nSPS) is 25.6. The quantitative estimate of drug-likeness (QED) is 0.742. The molecule has 106 valence electrons. The lowest BCUT2D eigenvalue weighted by atomic mass is 10.1. The SMILES string of the molecule is CC1CN(C(=O)N(C)C)CC(C)N1CCN(C)C. The van der Waals surface area contributed by atoms with Crippen LogP contribution in [0.2, 0.25) is 0 Å². The molecule has 2 atom stereocenters. The molecule has 0 radical (unpaired) electrons. The van der Waals surface area contributed by atoms with Gasteiger partial charge in [-0.15, -0.1) is 0 Å². The van der Waals surface area contributed by atoms with E-state index < -0.39 is 0 Å². The van der Waals surface area contributed by atoms with E-state index in [0.29, 0.717) is 12.1 Å². The van der Waals surface area contributed by atoms with E-state index in [0.717, 1.165) is 26.2 Å². The number of nitrogens with zero attached hydrogens (tertiary/aromatic N) is 4.